The van der Waals surface area contributed by atoms with Crippen LogP contribution in [-0.2, 0) is 0 Å². The molecule has 2 aliphatic rings. The molecule has 0 spiro atoms. The third-order valence-corrected chi connectivity index (χ3v) is 8.36. The fraction of sp³-hybridized carbons (Fsp3) is 0.464. The molecular formula is C28H35NO2S. The first kappa shape index (κ1) is 22.8. The van der Waals surface area contributed by atoms with Gasteiger partial charge in [-0.1, -0.05) is 70.0 Å². The molecule has 0 unspecified atom stereocenters. The minimum Gasteiger partial charge on any atom is -0.477 e. The lowest BCUT2D eigenvalue weighted by Gasteiger charge is -2.39. The second-order valence-electron chi connectivity index (χ2n) is 9.47. The van der Waals surface area contributed by atoms with Gasteiger partial charge in [0.2, 0.25) is 0 Å². The van der Waals surface area contributed by atoms with Crippen molar-refractivity contribution in [1.82, 2.24) is 4.90 Å². The number of carboxylic acids is 1. The minimum absolute atomic E-state index is 0.487. The number of benzene rings is 1. The van der Waals surface area contributed by atoms with Crippen molar-refractivity contribution in [3.8, 4) is 10.4 Å². The number of thiophene rings is 1. The number of hydrogen-bond acceptors (Lipinski definition) is 3. The summed E-state index contributed by atoms with van der Waals surface area (Å²) in [7, 11) is 0. The molecule has 1 saturated carbocycles. The summed E-state index contributed by atoms with van der Waals surface area (Å²) in [5.74, 6) is 0.541. The summed E-state index contributed by atoms with van der Waals surface area (Å²) >= 11 is 1.41. The van der Waals surface area contributed by atoms with Crippen LogP contribution in [0, 0.1) is 11.8 Å². The Labute approximate surface area is 196 Å². The lowest BCUT2D eigenvalue weighted by atomic mass is 9.75. The van der Waals surface area contributed by atoms with Crippen LogP contribution in [0.25, 0.3) is 16.0 Å². The Morgan fingerprint density at radius 2 is 1.91 bits per heavy atom. The van der Waals surface area contributed by atoms with E-state index >= 15 is 0 Å². The molecule has 170 valence electrons. The molecule has 4 rings (SSSR count). The van der Waals surface area contributed by atoms with Crippen molar-refractivity contribution in [2.24, 2.45) is 11.8 Å². The number of aromatic carboxylic acids is 1. The topological polar surface area (TPSA) is 40.5 Å². The Bertz CT molecular complexity index is 996. The van der Waals surface area contributed by atoms with Crippen molar-refractivity contribution in [1.29, 1.82) is 0 Å². The van der Waals surface area contributed by atoms with E-state index in [-0.39, 0.29) is 0 Å². The first-order valence-electron chi connectivity index (χ1n) is 12.1. The SMILES string of the molecule is C=C(CCC)N1CCC(c2cc(-c3ccccc3)sc2C(=O)O)=C(C2CCC(C)CC2)C1. The largest absolute Gasteiger partial charge is 0.477 e. The van der Waals surface area contributed by atoms with E-state index < -0.39 is 5.97 Å². The first-order chi connectivity index (χ1) is 15.5. The zero-order chi connectivity index (χ0) is 22.7. The van der Waals surface area contributed by atoms with Crippen LogP contribution in [0.1, 0.15) is 74.0 Å². The van der Waals surface area contributed by atoms with Crippen LogP contribution in [-0.4, -0.2) is 29.1 Å². The molecule has 1 aromatic carbocycles. The highest BCUT2D eigenvalue weighted by Gasteiger charge is 2.31. The van der Waals surface area contributed by atoms with Crippen molar-refractivity contribution in [2.75, 3.05) is 13.1 Å². The number of carboxylic acid groups (broad SMARTS) is 1. The van der Waals surface area contributed by atoms with Gasteiger partial charge < -0.3 is 10.0 Å². The smallest absolute Gasteiger partial charge is 0.346 e. The Morgan fingerprint density at radius 1 is 1.19 bits per heavy atom. The highest BCUT2D eigenvalue weighted by Crippen LogP contribution is 2.44. The third-order valence-electron chi connectivity index (χ3n) is 7.18. The summed E-state index contributed by atoms with van der Waals surface area (Å²) in [5, 5.41) is 10.1. The summed E-state index contributed by atoms with van der Waals surface area (Å²) in [6.45, 7) is 10.8. The number of allylic oxidation sites excluding steroid dienone is 1. The molecule has 2 heterocycles. The van der Waals surface area contributed by atoms with Crippen LogP contribution in [0.5, 0.6) is 0 Å². The van der Waals surface area contributed by atoms with Gasteiger partial charge in [-0.25, -0.2) is 4.79 Å². The van der Waals surface area contributed by atoms with Crippen LogP contribution in [0.15, 0.2) is 54.2 Å². The predicted molar refractivity (Wildman–Crippen MR) is 135 cm³/mol. The molecule has 0 amide bonds. The molecule has 1 aliphatic carbocycles. The van der Waals surface area contributed by atoms with Crippen molar-refractivity contribution < 1.29 is 9.90 Å². The maximum atomic E-state index is 12.3. The number of carbonyl (C=O) groups is 1. The highest BCUT2D eigenvalue weighted by molar-refractivity contribution is 7.17. The Balaban J connectivity index is 1.77. The standard InChI is InChI=1S/C28H35NO2S/c1-4-8-20(3)29-16-15-23(25(18-29)21-13-11-19(2)12-14-21)24-17-26(32-27(24)28(30)31)22-9-6-5-7-10-22/h5-7,9-10,17,19,21H,3-4,8,11-16,18H2,1-2H3,(H,30,31). The number of nitrogens with zero attached hydrogens (tertiary/aromatic N) is 1. The number of hydrogen-bond donors (Lipinski definition) is 1. The monoisotopic (exact) mass is 449 g/mol. The molecule has 0 radical (unpaired) electrons. The summed E-state index contributed by atoms with van der Waals surface area (Å²) in [6, 6.07) is 12.3. The van der Waals surface area contributed by atoms with Crippen LogP contribution < -0.4 is 0 Å². The summed E-state index contributed by atoms with van der Waals surface area (Å²) in [6.07, 6.45) is 8.00. The zero-order valence-electron chi connectivity index (χ0n) is 19.4. The van der Waals surface area contributed by atoms with Gasteiger partial charge >= 0.3 is 5.97 Å². The molecule has 4 heteroatoms. The molecule has 1 aliphatic heterocycles. The van der Waals surface area contributed by atoms with E-state index in [1.165, 1.54) is 53.9 Å². The van der Waals surface area contributed by atoms with Gasteiger partial charge in [-0.15, -0.1) is 11.3 Å². The van der Waals surface area contributed by atoms with E-state index in [0.717, 1.165) is 54.3 Å². The van der Waals surface area contributed by atoms with E-state index in [9.17, 15) is 9.90 Å². The Kier molecular flexibility index (Phi) is 7.20. The number of rotatable bonds is 7. The zero-order valence-corrected chi connectivity index (χ0v) is 20.2. The third kappa shape index (κ3) is 4.85. The van der Waals surface area contributed by atoms with Crippen LogP contribution in [0.3, 0.4) is 0 Å². The van der Waals surface area contributed by atoms with Gasteiger partial charge in [-0.05, 0) is 60.3 Å². The lowest BCUT2D eigenvalue weighted by molar-refractivity contribution is 0.0702. The van der Waals surface area contributed by atoms with Crippen molar-refractivity contribution >= 4 is 22.9 Å². The average molecular weight is 450 g/mol. The highest BCUT2D eigenvalue weighted by atomic mass is 32.1. The van der Waals surface area contributed by atoms with E-state index in [0.29, 0.717) is 10.8 Å². The molecule has 0 bridgehead atoms. The van der Waals surface area contributed by atoms with Gasteiger partial charge in [0.1, 0.15) is 4.88 Å². The molecular weight excluding hydrogens is 414 g/mol. The van der Waals surface area contributed by atoms with Crippen LogP contribution in [0.2, 0.25) is 0 Å². The van der Waals surface area contributed by atoms with Gasteiger partial charge in [-0.3, -0.25) is 0 Å². The quantitative estimate of drug-likeness (QED) is 0.470. The van der Waals surface area contributed by atoms with E-state index in [2.05, 4.69) is 43.5 Å². The van der Waals surface area contributed by atoms with E-state index in [1.54, 1.807) is 0 Å². The first-order valence-corrected chi connectivity index (χ1v) is 12.9. The summed E-state index contributed by atoms with van der Waals surface area (Å²) in [4.78, 5) is 16.2. The minimum atomic E-state index is -0.811. The van der Waals surface area contributed by atoms with E-state index in [1.807, 2.05) is 18.2 Å². The van der Waals surface area contributed by atoms with E-state index in [4.69, 9.17) is 0 Å². The Hall–Kier alpha value is -2.33. The van der Waals surface area contributed by atoms with Crippen LogP contribution >= 0.6 is 11.3 Å². The Morgan fingerprint density at radius 3 is 2.56 bits per heavy atom. The fourth-order valence-electron chi connectivity index (χ4n) is 5.31. The molecule has 2 aromatic rings. The van der Waals surface area contributed by atoms with Gasteiger partial charge in [0.05, 0.1) is 0 Å². The predicted octanol–water partition coefficient (Wildman–Crippen LogP) is 7.71. The summed E-state index contributed by atoms with van der Waals surface area (Å²) < 4.78 is 0. The van der Waals surface area contributed by atoms with Gasteiger partial charge in [0.15, 0.2) is 0 Å². The van der Waals surface area contributed by atoms with Crippen molar-refractivity contribution in [3.05, 3.63) is 64.7 Å². The van der Waals surface area contributed by atoms with Crippen molar-refractivity contribution in [3.63, 3.8) is 0 Å². The summed E-state index contributed by atoms with van der Waals surface area (Å²) in [5.41, 5.74) is 6.03. The van der Waals surface area contributed by atoms with Gasteiger partial charge in [-0.2, -0.15) is 0 Å². The fourth-order valence-corrected chi connectivity index (χ4v) is 6.34. The van der Waals surface area contributed by atoms with Crippen molar-refractivity contribution in [2.45, 2.75) is 58.8 Å². The maximum absolute atomic E-state index is 12.3. The lowest BCUT2D eigenvalue weighted by Crippen LogP contribution is -2.34. The molecule has 1 fully saturated rings. The molecule has 1 N–H and O–H groups in total. The normalized spacial score (nSPS) is 21.6. The maximum Gasteiger partial charge on any atom is 0.346 e. The molecule has 0 atom stereocenters. The molecule has 0 saturated heterocycles. The van der Waals surface area contributed by atoms with Gasteiger partial charge in [0.25, 0.3) is 0 Å². The second-order valence-corrected chi connectivity index (χ2v) is 10.5. The average Bonchev–Trinajstić information content (AvgIpc) is 3.26. The van der Waals surface area contributed by atoms with Crippen LogP contribution in [0.4, 0.5) is 0 Å². The molecule has 32 heavy (non-hydrogen) atoms. The molecule has 1 aromatic heterocycles. The van der Waals surface area contributed by atoms with Gasteiger partial charge in [0, 0.05) is 29.2 Å². The second kappa shape index (κ2) is 10.1. The molecule has 3 nitrogen and oxygen atoms in total.